The minimum atomic E-state index is 0.974. The summed E-state index contributed by atoms with van der Waals surface area (Å²) in [4.78, 5) is 0. The molecule has 0 spiro atoms. The molecule has 1 rings (SSSR count). The van der Waals surface area contributed by atoms with E-state index in [-0.39, 0.29) is 0 Å². The second-order valence-corrected chi connectivity index (χ2v) is 3.78. The van der Waals surface area contributed by atoms with Crippen molar-refractivity contribution in [1.82, 2.24) is 0 Å². The Balaban J connectivity index is 3.14. The lowest BCUT2D eigenvalue weighted by Gasteiger charge is -2.08. The molecule has 0 aliphatic heterocycles. The molecule has 0 aromatic heterocycles. The molecule has 1 aromatic rings. The Morgan fingerprint density at radius 2 is 2.14 bits per heavy atom. The van der Waals surface area contributed by atoms with Gasteiger partial charge in [-0.15, -0.1) is 0 Å². The molecule has 0 N–H and O–H groups in total. The van der Waals surface area contributed by atoms with Crippen molar-refractivity contribution in [2.24, 2.45) is 0 Å². The van der Waals surface area contributed by atoms with Gasteiger partial charge in [0.05, 0.1) is 0 Å². The van der Waals surface area contributed by atoms with Gasteiger partial charge in [0.1, 0.15) is 0 Å². The van der Waals surface area contributed by atoms with Gasteiger partial charge in [-0.25, -0.2) is 0 Å². The molecular formula is C14H18. The quantitative estimate of drug-likeness (QED) is 0.622. The summed E-state index contributed by atoms with van der Waals surface area (Å²) in [7, 11) is 0. The number of rotatable bonds is 3. The van der Waals surface area contributed by atoms with Gasteiger partial charge in [0, 0.05) is 0 Å². The topological polar surface area (TPSA) is 0 Å². The highest BCUT2D eigenvalue weighted by atomic mass is 14.1. The van der Waals surface area contributed by atoms with Gasteiger partial charge in [-0.3, -0.25) is 0 Å². The fourth-order valence-electron chi connectivity index (χ4n) is 1.63. The molecule has 0 amide bonds. The molecule has 0 heteroatoms. The van der Waals surface area contributed by atoms with E-state index in [9.17, 15) is 0 Å². The van der Waals surface area contributed by atoms with Crippen molar-refractivity contribution in [3.63, 3.8) is 0 Å². The fourth-order valence-corrected chi connectivity index (χ4v) is 1.63. The van der Waals surface area contributed by atoms with Gasteiger partial charge in [-0.1, -0.05) is 42.5 Å². The normalized spacial score (nSPS) is 10.8. The highest BCUT2D eigenvalue weighted by Crippen LogP contribution is 2.18. The zero-order valence-electron chi connectivity index (χ0n) is 9.30. The van der Waals surface area contributed by atoms with Crippen LogP contribution in [0.2, 0.25) is 0 Å². The first-order valence-electron chi connectivity index (χ1n) is 5.00. The van der Waals surface area contributed by atoms with Crippen LogP contribution < -0.4 is 0 Å². The first kappa shape index (κ1) is 10.8. The zero-order valence-corrected chi connectivity index (χ0v) is 9.30. The molecule has 0 radical (unpaired) electrons. The second-order valence-electron chi connectivity index (χ2n) is 3.78. The van der Waals surface area contributed by atoms with Crippen LogP contribution in [-0.2, 0) is 6.42 Å². The van der Waals surface area contributed by atoms with Crippen LogP contribution in [0.15, 0.2) is 36.4 Å². The highest BCUT2D eigenvalue weighted by molar-refractivity contribution is 5.58. The predicted octanol–water partition coefficient (Wildman–Crippen LogP) is 4.15. The lowest BCUT2D eigenvalue weighted by atomic mass is 9.97. The van der Waals surface area contributed by atoms with Crippen LogP contribution in [0.1, 0.15) is 30.5 Å². The molecular weight excluding hydrogens is 168 g/mol. The average molecular weight is 186 g/mol. The Kier molecular flexibility index (Phi) is 3.70. The first-order valence-corrected chi connectivity index (χ1v) is 5.00. The Morgan fingerprint density at radius 1 is 1.43 bits per heavy atom. The maximum atomic E-state index is 3.96. The molecule has 0 atom stereocenters. The molecule has 0 unspecified atom stereocenters. The van der Waals surface area contributed by atoms with Gasteiger partial charge in [0.25, 0.3) is 0 Å². The summed E-state index contributed by atoms with van der Waals surface area (Å²) in [5.41, 5.74) is 5.26. The van der Waals surface area contributed by atoms with Crippen LogP contribution in [0.5, 0.6) is 0 Å². The smallest absolute Gasteiger partial charge is 0.00665 e. The third-order valence-corrected chi connectivity index (χ3v) is 2.24. The number of hydrogen-bond donors (Lipinski definition) is 0. The first-order chi connectivity index (χ1) is 6.65. The monoisotopic (exact) mass is 186 g/mol. The predicted molar refractivity (Wildman–Crippen MR) is 64.4 cm³/mol. The van der Waals surface area contributed by atoms with Gasteiger partial charge in [-0.05, 0) is 43.9 Å². The van der Waals surface area contributed by atoms with E-state index in [0.717, 1.165) is 6.42 Å². The van der Waals surface area contributed by atoms with E-state index in [1.807, 2.05) is 0 Å². The summed E-state index contributed by atoms with van der Waals surface area (Å²) in [6, 6.07) is 6.44. The van der Waals surface area contributed by atoms with Gasteiger partial charge in [0.2, 0.25) is 0 Å². The summed E-state index contributed by atoms with van der Waals surface area (Å²) < 4.78 is 0. The molecule has 74 valence electrons. The van der Waals surface area contributed by atoms with Gasteiger partial charge >= 0.3 is 0 Å². The molecule has 0 fully saturated rings. The van der Waals surface area contributed by atoms with Crippen molar-refractivity contribution >= 4 is 6.08 Å². The van der Waals surface area contributed by atoms with Crippen LogP contribution in [0.4, 0.5) is 0 Å². The maximum absolute atomic E-state index is 3.96. The van der Waals surface area contributed by atoms with E-state index in [1.54, 1.807) is 0 Å². The summed E-state index contributed by atoms with van der Waals surface area (Å²) in [5.74, 6) is 0. The molecule has 1 aromatic carbocycles. The number of allylic oxidation sites excluding steroid dienone is 2. The van der Waals surface area contributed by atoms with Crippen molar-refractivity contribution in [2.45, 2.75) is 27.2 Å². The third-order valence-electron chi connectivity index (χ3n) is 2.24. The molecule has 0 heterocycles. The summed E-state index contributed by atoms with van der Waals surface area (Å²) in [6.45, 7) is 10.2. The van der Waals surface area contributed by atoms with Crippen LogP contribution in [0.25, 0.3) is 6.08 Å². The Bertz CT molecular complexity index is 356. The van der Waals surface area contributed by atoms with Crippen LogP contribution in [0, 0.1) is 6.92 Å². The van der Waals surface area contributed by atoms with E-state index >= 15 is 0 Å². The fraction of sp³-hybridized carbons (Fsp3) is 0.286. The van der Waals surface area contributed by atoms with Crippen molar-refractivity contribution in [2.75, 3.05) is 0 Å². The second kappa shape index (κ2) is 4.80. The Morgan fingerprint density at radius 3 is 2.71 bits per heavy atom. The largest absolute Gasteiger partial charge is 0.0998 e. The molecule has 0 aliphatic carbocycles. The summed E-state index contributed by atoms with van der Waals surface area (Å²) in [5, 5.41) is 0. The maximum Gasteiger partial charge on any atom is -0.00665 e. The molecule has 0 saturated carbocycles. The van der Waals surface area contributed by atoms with Crippen molar-refractivity contribution in [1.29, 1.82) is 0 Å². The number of aryl methyl sites for hydroxylation is 1. The molecule has 0 nitrogen and oxygen atoms in total. The third kappa shape index (κ3) is 2.59. The lowest BCUT2D eigenvalue weighted by Crippen LogP contribution is -1.92. The van der Waals surface area contributed by atoms with Gasteiger partial charge in [0.15, 0.2) is 0 Å². The van der Waals surface area contributed by atoms with Crippen LogP contribution in [0.3, 0.4) is 0 Å². The Labute approximate surface area is 87.0 Å². The highest BCUT2D eigenvalue weighted by Gasteiger charge is 2.01. The van der Waals surface area contributed by atoms with Crippen molar-refractivity contribution < 1.29 is 0 Å². The van der Waals surface area contributed by atoms with Gasteiger partial charge in [-0.2, -0.15) is 0 Å². The molecule has 0 aliphatic rings. The van der Waals surface area contributed by atoms with E-state index in [4.69, 9.17) is 0 Å². The van der Waals surface area contributed by atoms with E-state index in [1.165, 1.54) is 22.3 Å². The average Bonchev–Trinajstić information content (AvgIpc) is 2.10. The van der Waals surface area contributed by atoms with Crippen LogP contribution in [-0.4, -0.2) is 0 Å². The van der Waals surface area contributed by atoms with E-state index < -0.39 is 0 Å². The zero-order chi connectivity index (χ0) is 10.6. The summed E-state index contributed by atoms with van der Waals surface area (Å²) >= 11 is 0. The van der Waals surface area contributed by atoms with E-state index in [0.29, 0.717) is 0 Å². The number of hydrogen-bond acceptors (Lipinski definition) is 0. The van der Waals surface area contributed by atoms with Crippen LogP contribution >= 0.6 is 0 Å². The number of benzene rings is 1. The summed E-state index contributed by atoms with van der Waals surface area (Å²) in [6.07, 6.45) is 5.24. The molecule has 0 saturated heterocycles. The van der Waals surface area contributed by atoms with E-state index in [2.05, 4.69) is 57.7 Å². The SMILES string of the molecule is C=C(C)Cc1cccc(C)c1/C=C\C. The minimum Gasteiger partial charge on any atom is -0.0998 e. The molecule has 14 heavy (non-hydrogen) atoms. The van der Waals surface area contributed by atoms with Gasteiger partial charge < -0.3 is 0 Å². The Hall–Kier alpha value is -1.30. The van der Waals surface area contributed by atoms with Crippen molar-refractivity contribution in [3.8, 4) is 0 Å². The van der Waals surface area contributed by atoms with Crippen molar-refractivity contribution in [3.05, 3.63) is 53.1 Å². The lowest BCUT2D eigenvalue weighted by molar-refractivity contribution is 1.14. The standard InChI is InChI=1S/C14H18/c1-5-7-14-12(4)8-6-9-13(14)10-11(2)3/h5-9H,2,10H2,1,3-4H3/b7-5-. The minimum absolute atomic E-state index is 0.974. The molecule has 0 bridgehead atoms.